The molecule has 0 unspecified atom stereocenters. The van der Waals surface area contributed by atoms with Gasteiger partial charge in [0.1, 0.15) is 11.2 Å². The molecule has 0 aliphatic rings. The number of fused-ring (bicyclic) bond motifs is 3. The third-order valence-corrected chi connectivity index (χ3v) is 7.73. The van der Waals surface area contributed by atoms with Gasteiger partial charge in [0, 0.05) is 45.3 Å². The number of carbonyl (C=O) groups excluding carboxylic acids is 2. The maximum Gasteiger partial charge on any atom is 0.337 e. The number of furan rings is 1. The lowest BCUT2D eigenvalue weighted by molar-refractivity contribution is -0.115. The highest BCUT2D eigenvalue weighted by molar-refractivity contribution is 6.36. The molecule has 0 amide bonds. The second kappa shape index (κ2) is 11.7. The van der Waals surface area contributed by atoms with Crippen LogP contribution in [0.4, 0.5) is 0 Å². The van der Waals surface area contributed by atoms with Gasteiger partial charge in [0.25, 0.3) is 0 Å². The zero-order valence-corrected chi connectivity index (χ0v) is 24.4. The average molecular weight is 575 g/mol. The minimum Gasteiger partial charge on any atom is -0.478 e. The quantitative estimate of drug-likeness (QED) is 0.183. The van der Waals surface area contributed by atoms with Gasteiger partial charge in [0.2, 0.25) is 0 Å². The Morgan fingerprint density at radius 1 is 0.829 bits per heavy atom. The summed E-state index contributed by atoms with van der Waals surface area (Å²) in [5.41, 5.74) is 2.19. The van der Waals surface area contributed by atoms with E-state index in [4.69, 9.17) is 16.0 Å². The summed E-state index contributed by atoms with van der Waals surface area (Å²) in [5.74, 6) is -3.96. The number of benzene rings is 3. The van der Waals surface area contributed by atoms with Crippen LogP contribution in [0.3, 0.4) is 0 Å². The molecule has 3 aromatic carbocycles. The van der Waals surface area contributed by atoms with Crippen molar-refractivity contribution in [2.75, 3.05) is 0 Å². The Labute approximate surface area is 242 Å². The van der Waals surface area contributed by atoms with E-state index >= 15 is 0 Å². The standard InChI is InChI=1S/C33H31ClO7/c1-6-18(35)14-21(24(36)9-4)26-27-22-15-23(34)19(7-2)20(8-3)30(22)41-31(27)25(17-12-10-16(5)11-13-17)28(32(37)38)29(26)33(39)40/h10-15H,6-9H2,1-5H3,(H,37,38)(H,39,40)/b21-14+. The topological polar surface area (TPSA) is 122 Å². The molecule has 212 valence electrons. The smallest absolute Gasteiger partial charge is 0.337 e. The molecule has 0 atom stereocenters. The molecule has 41 heavy (non-hydrogen) atoms. The Bertz CT molecular complexity index is 1770. The van der Waals surface area contributed by atoms with Crippen molar-refractivity contribution in [3.05, 3.63) is 74.8 Å². The van der Waals surface area contributed by atoms with E-state index < -0.39 is 34.6 Å². The predicted octanol–water partition coefficient (Wildman–Crippen LogP) is 8.08. The van der Waals surface area contributed by atoms with Crippen LogP contribution >= 0.6 is 11.6 Å². The second-order valence-corrected chi connectivity index (χ2v) is 10.2. The van der Waals surface area contributed by atoms with Crippen molar-refractivity contribution in [3.8, 4) is 11.1 Å². The van der Waals surface area contributed by atoms with E-state index in [9.17, 15) is 29.4 Å². The van der Waals surface area contributed by atoms with E-state index in [-0.39, 0.29) is 40.5 Å². The van der Waals surface area contributed by atoms with E-state index in [1.54, 1.807) is 44.2 Å². The number of carbonyl (C=O) groups is 4. The summed E-state index contributed by atoms with van der Waals surface area (Å²) in [6.45, 7) is 8.99. The van der Waals surface area contributed by atoms with Gasteiger partial charge in [-0.25, -0.2) is 9.59 Å². The second-order valence-electron chi connectivity index (χ2n) is 9.84. The molecule has 0 saturated carbocycles. The fraction of sp³-hybridized carbons (Fsp3) is 0.273. The number of hydrogen-bond acceptors (Lipinski definition) is 5. The summed E-state index contributed by atoms with van der Waals surface area (Å²) < 4.78 is 6.51. The molecule has 2 N–H and O–H groups in total. The average Bonchev–Trinajstić information content (AvgIpc) is 3.32. The first-order valence-electron chi connectivity index (χ1n) is 13.6. The lowest BCUT2D eigenvalue weighted by Gasteiger charge is -2.18. The molecule has 0 fully saturated rings. The number of ketones is 2. The molecule has 4 rings (SSSR count). The molecule has 0 spiro atoms. The van der Waals surface area contributed by atoms with Gasteiger partial charge in [-0.05, 0) is 48.6 Å². The van der Waals surface area contributed by atoms with Crippen molar-refractivity contribution in [1.82, 2.24) is 0 Å². The van der Waals surface area contributed by atoms with Crippen LogP contribution < -0.4 is 0 Å². The molecule has 1 aromatic heterocycles. The first-order chi connectivity index (χ1) is 19.5. The van der Waals surface area contributed by atoms with Crippen LogP contribution in [0.25, 0.3) is 38.6 Å². The summed E-state index contributed by atoms with van der Waals surface area (Å²) >= 11 is 6.74. The predicted molar refractivity (Wildman–Crippen MR) is 160 cm³/mol. The Morgan fingerprint density at radius 3 is 1.95 bits per heavy atom. The highest BCUT2D eigenvalue weighted by Gasteiger charge is 2.35. The molecule has 1 heterocycles. The summed E-state index contributed by atoms with van der Waals surface area (Å²) in [4.78, 5) is 52.0. The molecule has 0 aliphatic heterocycles. The maximum atomic E-state index is 13.4. The molecule has 0 aliphatic carbocycles. The lowest BCUT2D eigenvalue weighted by atomic mass is 9.83. The van der Waals surface area contributed by atoms with Crippen molar-refractivity contribution in [2.24, 2.45) is 0 Å². The number of Topliss-reactive ketones (excluding diaryl/α,β-unsaturated/α-hetero) is 1. The fourth-order valence-electron chi connectivity index (χ4n) is 5.41. The third-order valence-electron chi connectivity index (χ3n) is 7.39. The third kappa shape index (κ3) is 5.06. The highest BCUT2D eigenvalue weighted by atomic mass is 35.5. The van der Waals surface area contributed by atoms with Crippen LogP contribution in [0.15, 0.2) is 40.8 Å². The van der Waals surface area contributed by atoms with Crippen LogP contribution in [0, 0.1) is 6.92 Å². The summed E-state index contributed by atoms with van der Waals surface area (Å²) in [6, 6.07) is 8.66. The normalized spacial score (nSPS) is 11.8. The van der Waals surface area contributed by atoms with E-state index in [0.717, 1.165) is 22.8 Å². The van der Waals surface area contributed by atoms with Crippen LogP contribution in [0.5, 0.6) is 0 Å². The number of allylic oxidation sites excluding steroid dienone is 2. The highest BCUT2D eigenvalue weighted by Crippen LogP contribution is 2.47. The van der Waals surface area contributed by atoms with Crippen molar-refractivity contribution in [3.63, 3.8) is 0 Å². The Kier molecular flexibility index (Phi) is 8.50. The Morgan fingerprint density at radius 2 is 1.44 bits per heavy atom. The first kappa shape index (κ1) is 29.7. The molecule has 0 radical (unpaired) electrons. The van der Waals surface area contributed by atoms with Gasteiger partial charge >= 0.3 is 11.9 Å². The number of carboxylic acids is 2. The fourth-order valence-corrected chi connectivity index (χ4v) is 5.76. The van der Waals surface area contributed by atoms with Crippen LogP contribution in [0.1, 0.15) is 83.5 Å². The van der Waals surface area contributed by atoms with E-state index in [2.05, 4.69) is 0 Å². The Balaban J connectivity index is 2.46. The molecular formula is C33H31ClO7. The van der Waals surface area contributed by atoms with Crippen molar-refractivity contribution >= 4 is 62.6 Å². The Hall–Kier alpha value is -4.23. The van der Waals surface area contributed by atoms with E-state index in [0.29, 0.717) is 34.4 Å². The summed E-state index contributed by atoms with van der Waals surface area (Å²) in [5, 5.41) is 22.2. The molecule has 0 saturated heterocycles. The summed E-state index contributed by atoms with van der Waals surface area (Å²) in [7, 11) is 0. The zero-order valence-electron chi connectivity index (χ0n) is 23.6. The number of aromatic carboxylic acids is 2. The molecule has 0 bridgehead atoms. The number of aryl methyl sites for hydroxylation is 2. The zero-order chi connectivity index (χ0) is 30.2. The monoisotopic (exact) mass is 574 g/mol. The van der Waals surface area contributed by atoms with Crippen LogP contribution in [-0.4, -0.2) is 33.7 Å². The van der Waals surface area contributed by atoms with Gasteiger partial charge in [0.05, 0.1) is 11.1 Å². The lowest BCUT2D eigenvalue weighted by Crippen LogP contribution is -2.16. The molecule has 8 heteroatoms. The van der Waals surface area contributed by atoms with E-state index in [1.807, 2.05) is 20.8 Å². The van der Waals surface area contributed by atoms with Crippen LogP contribution in [-0.2, 0) is 22.4 Å². The van der Waals surface area contributed by atoms with Gasteiger partial charge in [-0.3, -0.25) is 9.59 Å². The minimum absolute atomic E-state index is 0.0395. The first-order valence-corrected chi connectivity index (χ1v) is 14.0. The van der Waals surface area contributed by atoms with Gasteiger partial charge in [0.15, 0.2) is 11.6 Å². The van der Waals surface area contributed by atoms with Gasteiger partial charge < -0.3 is 14.6 Å². The largest absolute Gasteiger partial charge is 0.478 e. The van der Waals surface area contributed by atoms with Crippen molar-refractivity contribution < 1.29 is 33.8 Å². The van der Waals surface area contributed by atoms with Crippen molar-refractivity contribution in [1.29, 1.82) is 0 Å². The van der Waals surface area contributed by atoms with Crippen molar-refractivity contribution in [2.45, 2.75) is 60.3 Å². The number of hydrogen-bond donors (Lipinski definition) is 2. The van der Waals surface area contributed by atoms with Gasteiger partial charge in [-0.15, -0.1) is 0 Å². The van der Waals surface area contributed by atoms with Gasteiger partial charge in [-0.2, -0.15) is 0 Å². The maximum absolute atomic E-state index is 13.4. The molecule has 4 aromatic rings. The van der Waals surface area contributed by atoms with Crippen LogP contribution in [0.2, 0.25) is 5.02 Å². The summed E-state index contributed by atoms with van der Waals surface area (Å²) in [6.07, 6.45) is 2.29. The molecular weight excluding hydrogens is 544 g/mol. The van der Waals surface area contributed by atoms with E-state index in [1.165, 1.54) is 0 Å². The van der Waals surface area contributed by atoms with Gasteiger partial charge in [-0.1, -0.05) is 69.1 Å². The molecule has 7 nitrogen and oxygen atoms in total. The SMILES string of the molecule is CCC(=O)/C=C(\C(=O)CC)c1c(C(=O)O)c(C(=O)O)c(-c2ccc(C)cc2)c2oc3c(CC)c(CC)c(Cl)cc3c12. The number of rotatable bonds is 10. The number of halogens is 1. The number of carboxylic acid groups (broad SMARTS) is 2. The minimum atomic E-state index is -1.55.